The van der Waals surface area contributed by atoms with Crippen molar-refractivity contribution in [1.82, 2.24) is 0 Å². The maximum Gasteiger partial charge on any atom is 0.335 e. The molecule has 1 atom stereocenters. The summed E-state index contributed by atoms with van der Waals surface area (Å²) in [7, 11) is -2.13. The summed E-state index contributed by atoms with van der Waals surface area (Å²) in [4.78, 5) is 11.1. The lowest BCUT2D eigenvalue weighted by atomic mass is 10.3. The van der Waals surface area contributed by atoms with Gasteiger partial charge in [-0.1, -0.05) is 20.4 Å². The van der Waals surface area contributed by atoms with Crippen molar-refractivity contribution in [3.63, 3.8) is 0 Å². The molecule has 0 aromatic rings. The maximum atomic E-state index is 11.1. The van der Waals surface area contributed by atoms with Gasteiger partial charge in [0, 0.05) is 19.3 Å². The highest BCUT2D eigenvalue weighted by molar-refractivity contribution is 6.66. The van der Waals surface area contributed by atoms with E-state index in [-0.39, 0.29) is 12.1 Å². The molecule has 4 nitrogen and oxygen atoms in total. The molecule has 112 valence electrons. The molecule has 0 aromatic heterocycles. The average Bonchev–Trinajstić information content (AvgIpc) is 2.41. The number of hydrogen-bond donors (Lipinski definition) is 0. The third-order valence-electron chi connectivity index (χ3n) is 2.71. The highest BCUT2D eigenvalue weighted by Gasteiger charge is 2.31. The first-order chi connectivity index (χ1) is 8.97. The lowest BCUT2D eigenvalue weighted by Gasteiger charge is -2.28. The van der Waals surface area contributed by atoms with E-state index in [1.807, 2.05) is 6.92 Å². The van der Waals surface area contributed by atoms with Crippen molar-refractivity contribution in [2.24, 2.45) is 0 Å². The molecule has 0 saturated heterocycles. The smallest absolute Gasteiger partial charge is 0.335 e. The van der Waals surface area contributed by atoms with Crippen LogP contribution in [0.25, 0.3) is 0 Å². The Hall–Kier alpha value is -0.653. The number of esters is 1. The van der Waals surface area contributed by atoms with E-state index in [9.17, 15) is 4.79 Å². The quantitative estimate of drug-likeness (QED) is 0.332. The third-order valence-corrected chi connectivity index (χ3v) is 5.54. The number of ether oxygens (including phenoxy) is 1. The van der Waals surface area contributed by atoms with Crippen molar-refractivity contribution in [2.45, 2.75) is 58.7 Å². The summed E-state index contributed by atoms with van der Waals surface area (Å²) in [6.07, 6.45) is 3.79. The van der Waals surface area contributed by atoms with E-state index in [2.05, 4.69) is 27.0 Å². The largest absolute Gasteiger partial charge is 0.460 e. The van der Waals surface area contributed by atoms with Crippen LogP contribution in [0.1, 0.15) is 40.0 Å². The van der Waals surface area contributed by atoms with Crippen LogP contribution >= 0.6 is 0 Å². The average molecular weight is 288 g/mol. The second-order valence-electron chi connectivity index (χ2n) is 4.82. The Balaban J connectivity index is 4.22. The first-order valence-corrected chi connectivity index (χ1v) is 9.60. The van der Waals surface area contributed by atoms with Gasteiger partial charge in [-0.15, -0.1) is 0 Å². The van der Waals surface area contributed by atoms with Crippen molar-refractivity contribution in [3.8, 4) is 0 Å². The molecule has 0 aromatic carbocycles. The van der Waals surface area contributed by atoms with Gasteiger partial charge in [-0.2, -0.15) is 0 Å². The predicted octanol–water partition coefficient (Wildman–Crippen LogP) is 3.42. The fraction of sp³-hybridized carbons (Fsp3) is 0.786. The Morgan fingerprint density at radius 3 is 2.21 bits per heavy atom. The van der Waals surface area contributed by atoms with Crippen molar-refractivity contribution in [1.29, 1.82) is 0 Å². The molecule has 0 amide bonds. The van der Waals surface area contributed by atoms with Gasteiger partial charge in [-0.3, -0.25) is 0 Å². The Bertz CT molecular complexity index is 260. The molecule has 5 heteroatoms. The van der Waals surface area contributed by atoms with Crippen LogP contribution in [0.2, 0.25) is 12.6 Å². The fourth-order valence-electron chi connectivity index (χ4n) is 1.59. The van der Waals surface area contributed by atoms with Gasteiger partial charge < -0.3 is 13.6 Å². The summed E-state index contributed by atoms with van der Waals surface area (Å²) in [6.45, 7) is 13.0. The molecule has 0 radical (unpaired) electrons. The summed E-state index contributed by atoms with van der Waals surface area (Å²) in [5, 5.41) is 0. The molecular weight excluding hydrogens is 260 g/mol. The molecule has 0 fully saturated rings. The van der Waals surface area contributed by atoms with E-state index in [1.165, 1.54) is 6.08 Å². The number of hydrogen-bond acceptors (Lipinski definition) is 4. The second kappa shape index (κ2) is 10.2. The van der Waals surface area contributed by atoms with Crippen molar-refractivity contribution in [3.05, 3.63) is 12.7 Å². The number of carbonyl (C=O) groups excluding carboxylic acids is 1. The van der Waals surface area contributed by atoms with E-state index in [0.29, 0.717) is 0 Å². The minimum absolute atomic E-state index is 0.132. The van der Waals surface area contributed by atoms with Crippen LogP contribution in [0.4, 0.5) is 0 Å². The van der Waals surface area contributed by atoms with Gasteiger partial charge in [0.05, 0.1) is 6.10 Å². The van der Waals surface area contributed by atoms with Crippen LogP contribution in [0.3, 0.4) is 0 Å². The van der Waals surface area contributed by atoms with Crippen LogP contribution in [-0.2, 0) is 18.4 Å². The zero-order valence-corrected chi connectivity index (χ0v) is 13.7. The predicted molar refractivity (Wildman–Crippen MR) is 79.3 cm³/mol. The Kier molecular flexibility index (Phi) is 9.82. The number of rotatable bonds is 11. The van der Waals surface area contributed by atoms with Gasteiger partial charge in [0.2, 0.25) is 0 Å². The molecule has 19 heavy (non-hydrogen) atoms. The van der Waals surface area contributed by atoms with E-state index >= 15 is 0 Å². The SMILES string of the molecule is C=CC(=O)OC(C)CC[Si](C)(OCCC)OCCC. The minimum Gasteiger partial charge on any atom is -0.460 e. The highest BCUT2D eigenvalue weighted by Crippen LogP contribution is 2.19. The molecule has 0 aliphatic carbocycles. The summed E-state index contributed by atoms with van der Waals surface area (Å²) in [5.41, 5.74) is 0. The monoisotopic (exact) mass is 288 g/mol. The molecule has 0 rings (SSSR count). The van der Waals surface area contributed by atoms with Gasteiger partial charge in [0.25, 0.3) is 0 Å². The highest BCUT2D eigenvalue weighted by atomic mass is 28.4. The fourth-order valence-corrected chi connectivity index (χ4v) is 4.17. The number of carbonyl (C=O) groups is 1. The third kappa shape index (κ3) is 8.97. The first kappa shape index (κ1) is 18.3. The molecule has 0 aliphatic rings. The Labute approximate surface area is 118 Å². The minimum atomic E-state index is -2.13. The van der Waals surface area contributed by atoms with Crippen LogP contribution in [-0.4, -0.2) is 33.8 Å². The summed E-state index contributed by atoms with van der Waals surface area (Å²) in [5.74, 6) is -0.375. The van der Waals surface area contributed by atoms with Gasteiger partial charge in [0.1, 0.15) is 0 Å². The van der Waals surface area contributed by atoms with Crippen molar-refractivity contribution >= 4 is 14.5 Å². The normalized spacial score (nSPS) is 13.1. The summed E-state index contributed by atoms with van der Waals surface area (Å²) < 4.78 is 17.0. The van der Waals surface area contributed by atoms with E-state index in [1.54, 1.807) is 0 Å². The van der Waals surface area contributed by atoms with Crippen molar-refractivity contribution in [2.75, 3.05) is 13.2 Å². The molecule has 0 saturated carbocycles. The van der Waals surface area contributed by atoms with E-state index in [0.717, 1.165) is 38.5 Å². The molecule has 0 heterocycles. The maximum absolute atomic E-state index is 11.1. The zero-order valence-electron chi connectivity index (χ0n) is 12.7. The zero-order chi connectivity index (χ0) is 14.7. The molecule has 0 bridgehead atoms. The Morgan fingerprint density at radius 1 is 1.26 bits per heavy atom. The topological polar surface area (TPSA) is 44.8 Å². The van der Waals surface area contributed by atoms with Gasteiger partial charge in [-0.05, 0) is 38.8 Å². The van der Waals surface area contributed by atoms with Crippen LogP contribution in [0.5, 0.6) is 0 Å². The lowest BCUT2D eigenvalue weighted by molar-refractivity contribution is -0.142. The van der Waals surface area contributed by atoms with Gasteiger partial charge in [-0.25, -0.2) is 4.79 Å². The van der Waals surface area contributed by atoms with Crippen LogP contribution in [0.15, 0.2) is 12.7 Å². The van der Waals surface area contributed by atoms with Crippen molar-refractivity contribution < 1.29 is 18.4 Å². The van der Waals surface area contributed by atoms with Gasteiger partial charge in [0.15, 0.2) is 0 Å². The van der Waals surface area contributed by atoms with Gasteiger partial charge >= 0.3 is 14.5 Å². The molecule has 0 N–H and O–H groups in total. The molecule has 0 aliphatic heterocycles. The molecule has 0 spiro atoms. The Morgan fingerprint density at radius 2 is 1.79 bits per heavy atom. The molecule has 1 unspecified atom stereocenters. The van der Waals surface area contributed by atoms with E-state index in [4.69, 9.17) is 13.6 Å². The lowest BCUT2D eigenvalue weighted by Crippen LogP contribution is -2.40. The molecular formula is C14H28O4Si. The van der Waals surface area contributed by atoms with Crippen LogP contribution in [0, 0.1) is 0 Å². The van der Waals surface area contributed by atoms with Crippen LogP contribution < -0.4 is 0 Å². The van der Waals surface area contributed by atoms with E-state index < -0.39 is 8.56 Å². The summed E-state index contributed by atoms with van der Waals surface area (Å²) >= 11 is 0. The standard InChI is InChI=1S/C14H28O4Si/c1-6-10-16-19(5,17-11-7-2)12-9-13(4)18-14(15)8-3/h8,13H,3,6-7,9-12H2,1-2,4-5H3. The first-order valence-electron chi connectivity index (χ1n) is 7.08. The second-order valence-corrected chi connectivity index (χ2v) is 8.17. The summed E-state index contributed by atoms with van der Waals surface area (Å²) in [6, 6.07) is 0.832.